The number of ketones is 1. The zero-order valence-corrected chi connectivity index (χ0v) is 16.6. The Labute approximate surface area is 157 Å². The third-order valence-electron chi connectivity index (χ3n) is 7.30. The SMILES string of the molecule is COC1CC(C(=O)C2C3CC(OC)C(OC)CC3CC[NH+]2C)CCC1O. The highest BCUT2D eigenvalue weighted by Gasteiger charge is 2.51. The summed E-state index contributed by atoms with van der Waals surface area (Å²) in [6.07, 6.45) is 4.66. The van der Waals surface area contributed by atoms with E-state index in [9.17, 15) is 9.90 Å². The van der Waals surface area contributed by atoms with Crippen molar-refractivity contribution in [3.8, 4) is 0 Å². The summed E-state index contributed by atoms with van der Waals surface area (Å²) in [5.74, 6) is 1.27. The molecular formula is C20H36NO5+. The number of ether oxygens (including phenoxy) is 3. The Morgan fingerprint density at radius 2 is 1.58 bits per heavy atom. The smallest absolute Gasteiger partial charge is 0.193 e. The van der Waals surface area contributed by atoms with Gasteiger partial charge in [-0.3, -0.25) is 4.79 Å². The monoisotopic (exact) mass is 370 g/mol. The lowest BCUT2D eigenvalue weighted by Gasteiger charge is -2.48. The van der Waals surface area contributed by atoms with Gasteiger partial charge >= 0.3 is 0 Å². The number of carbonyl (C=O) groups excluding carboxylic acids is 1. The molecule has 0 aromatic carbocycles. The second-order valence-electron chi connectivity index (χ2n) is 8.56. The van der Waals surface area contributed by atoms with Crippen LogP contribution in [-0.2, 0) is 19.0 Å². The molecule has 0 radical (unpaired) electrons. The molecule has 2 aliphatic carbocycles. The second kappa shape index (κ2) is 8.65. The van der Waals surface area contributed by atoms with E-state index in [1.165, 1.54) is 4.90 Å². The Balaban J connectivity index is 1.75. The predicted octanol–water partition coefficient (Wildman–Crippen LogP) is 0.0747. The minimum atomic E-state index is -0.441. The predicted molar refractivity (Wildman–Crippen MR) is 97.1 cm³/mol. The van der Waals surface area contributed by atoms with Crippen LogP contribution < -0.4 is 4.90 Å². The van der Waals surface area contributed by atoms with Crippen LogP contribution in [0.3, 0.4) is 0 Å². The van der Waals surface area contributed by atoms with Crippen molar-refractivity contribution < 1.29 is 29.0 Å². The van der Waals surface area contributed by atoms with E-state index in [-0.39, 0.29) is 30.3 Å². The molecule has 9 atom stereocenters. The normalized spacial score (nSPS) is 46.6. The minimum absolute atomic E-state index is 0.00296. The number of methoxy groups -OCH3 is 3. The van der Waals surface area contributed by atoms with Crippen LogP contribution in [0.15, 0.2) is 0 Å². The number of aliphatic hydroxyl groups excluding tert-OH is 1. The average Bonchev–Trinajstić information content (AvgIpc) is 2.66. The van der Waals surface area contributed by atoms with Gasteiger partial charge in [0, 0.05) is 33.2 Å². The first-order valence-corrected chi connectivity index (χ1v) is 10.1. The molecule has 3 aliphatic rings. The van der Waals surface area contributed by atoms with Crippen LogP contribution in [-0.4, -0.2) is 76.3 Å². The van der Waals surface area contributed by atoms with E-state index in [1.54, 1.807) is 21.3 Å². The number of hydrogen-bond donors (Lipinski definition) is 2. The summed E-state index contributed by atoms with van der Waals surface area (Å²) < 4.78 is 16.8. The minimum Gasteiger partial charge on any atom is -0.390 e. The lowest BCUT2D eigenvalue weighted by molar-refractivity contribution is -0.908. The summed E-state index contributed by atoms with van der Waals surface area (Å²) in [6.45, 7) is 1.04. The number of carbonyl (C=O) groups is 1. The number of piperidine rings is 1. The number of nitrogens with one attached hydrogen (secondary N) is 1. The molecule has 26 heavy (non-hydrogen) atoms. The van der Waals surface area contributed by atoms with Crippen LogP contribution in [0.4, 0.5) is 0 Å². The fourth-order valence-corrected chi connectivity index (χ4v) is 5.74. The largest absolute Gasteiger partial charge is 0.390 e. The van der Waals surface area contributed by atoms with E-state index in [0.29, 0.717) is 30.5 Å². The molecule has 0 spiro atoms. The molecule has 1 heterocycles. The zero-order chi connectivity index (χ0) is 18.8. The molecule has 9 unspecified atom stereocenters. The molecule has 6 nitrogen and oxygen atoms in total. The summed E-state index contributed by atoms with van der Waals surface area (Å²) in [5.41, 5.74) is 0. The van der Waals surface area contributed by atoms with Gasteiger partial charge in [0.2, 0.25) is 0 Å². The number of hydrogen-bond acceptors (Lipinski definition) is 5. The van der Waals surface area contributed by atoms with Gasteiger partial charge in [-0.1, -0.05) is 0 Å². The number of aliphatic hydroxyl groups is 1. The highest BCUT2D eigenvalue weighted by molar-refractivity contribution is 5.85. The van der Waals surface area contributed by atoms with Crippen molar-refractivity contribution in [2.45, 2.75) is 69.0 Å². The molecule has 3 fully saturated rings. The molecule has 1 saturated heterocycles. The zero-order valence-electron chi connectivity index (χ0n) is 16.6. The molecule has 0 aromatic rings. The number of likely N-dealkylation sites (N-methyl/N-ethyl adjacent to an activating group) is 1. The first-order chi connectivity index (χ1) is 12.5. The van der Waals surface area contributed by atoms with Gasteiger partial charge in [-0.15, -0.1) is 0 Å². The van der Waals surface area contributed by atoms with Crippen molar-refractivity contribution in [3.63, 3.8) is 0 Å². The molecule has 0 aromatic heterocycles. The van der Waals surface area contributed by atoms with Crippen LogP contribution in [0, 0.1) is 17.8 Å². The number of Topliss-reactive ketones (excluding diaryl/α,β-unsaturated/α-hetero) is 1. The molecule has 3 rings (SSSR count). The van der Waals surface area contributed by atoms with Crippen LogP contribution >= 0.6 is 0 Å². The summed E-state index contributed by atoms with van der Waals surface area (Å²) in [7, 11) is 7.30. The Hall–Kier alpha value is -0.530. The number of fused-ring (bicyclic) bond motifs is 1. The quantitative estimate of drug-likeness (QED) is 0.717. The van der Waals surface area contributed by atoms with E-state index >= 15 is 0 Å². The van der Waals surface area contributed by atoms with Gasteiger partial charge in [0.05, 0.1) is 38.0 Å². The van der Waals surface area contributed by atoms with E-state index in [2.05, 4.69) is 7.05 Å². The summed E-state index contributed by atoms with van der Waals surface area (Å²) in [5, 5.41) is 10.1. The van der Waals surface area contributed by atoms with E-state index in [1.807, 2.05) is 0 Å². The van der Waals surface area contributed by atoms with Gasteiger partial charge < -0.3 is 24.2 Å². The van der Waals surface area contributed by atoms with Gasteiger partial charge in [0.1, 0.15) is 6.04 Å². The van der Waals surface area contributed by atoms with Crippen LogP contribution in [0.25, 0.3) is 0 Å². The van der Waals surface area contributed by atoms with Crippen molar-refractivity contribution in [1.29, 1.82) is 0 Å². The van der Waals surface area contributed by atoms with Crippen LogP contribution in [0.5, 0.6) is 0 Å². The van der Waals surface area contributed by atoms with Gasteiger partial charge in [0.25, 0.3) is 0 Å². The maximum Gasteiger partial charge on any atom is 0.193 e. The lowest BCUT2D eigenvalue weighted by Crippen LogP contribution is -3.16. The Bertz CT molecular complexity index is 487. The van der Waals surface area contributed by atoms with Gasteiger partial charge in [-0.25, -0.2) is 0 Å². The molecular weight excluding hydrogens is 334 g/mol. The maximum atomic E-state index is 13.5. The first kappa shape index (κ1) is 20.2. The third-order valence-corrected chi connectivity index (χ3v) is 7.30. The van der Waals surface area contributed by atoms with Crippen molar-refractivity contribution in [2.24, 2.45) is 17.8 Å². The van der Waals surface area contributed by atoms with Crippen LogP contribution in [0.1, 0.15) is 38.5 Å². The second-order valence-corrected chi connectivity index (χ2v) is 8.56. The third kappa shape index (κ3) is 3.85. The fraction of sp³-hybridized carbons (Fsp3) is 0.950. The Morgan fingerprint density at radius 1 is 0.923 bits per heavy atom. The number of rotatable bonds is 5. The van der Waals surface area contributed by atoms with Gasteiger partial charge in [-0.2, -0.15) is 0 Å². The maximum absolute atomic E-state index is 13.5. The van der Waals surface area contributed by atoms with Crippen molar-refractivity contribution in [3.05, 3.63) is 0 Å². The van der Waals surface area contributed by atoms with Crippen molar-refractivity contribution >= 4 is 5.78 Å². The standard InChI is InChI=1S/C20H35NO5/c1-21-8-7-12-9-17(25-3)18(26-4)11-14(12)19(21)20(23)13-5-6-15(22)16(10-13)24-2/h12-19,22H,5-11H2,1-4H3/p+1. The number of likely N-dealkylation sites (tertiary alicyclic amines) is 1. The summed E-state index contributed by atoms with van der Waals surface area (Å²) in [6, 6.07) is 0.0296. The summed E-state index contributed by atoms with van der Waals surface area (Å²) in [4.78, 5) is 14.8. The molecule has 2 saturated carbocycles. The first-order valence-electron chi connectivity index (χ1n) is 10.1. The summed E-state index contributed by atoms with van der Waals surface area (Å²) >= 11 is 0. The van der Waals surface area contributed by atoms with Crippen molar-refractivity contribution in [2.75, 3.05) is 34.9 Å². The van der Waals surface area contributed by atoms with Crippen molar-refractivity contribution in [1.82, 2.24) is 0 Å². The molecule has 2 N–H and O–H groups in total. The fourth-order valence-electron chi connectivity index (χ4n) is 5.74. The average molecular weight is 371 g/mol. The molecule has 150 valence electrons. The van der Waals surface area contributed by atoms with Crippen LogP contribution in [0.2, 0.25) is 0 Å². The number of quaternary nitrogens is 1. The molecule has 0 bridgehead atoms. The van der Waals surface area contributed by atoms with E-state index < -0.39 is 6.10 Å². The Kier molecular flexibility index (Phi) is 6.73. The molecule has 6 heteroatoms. The van der Waals surface area contributed by atoms with E-state index in [4.69, 9.17) is 14.2 Å². The lowest BCUT2D eigenvalue weighted by atomic mass is 9.66. The molecule has 1 aliphatic heterocycles. The Morgan fingerprint density at radius 3 is 2.23 bits per heavy atom. The molecule has 0 amide bonds. The van der Waals surface area contributed by atoms with Gasteiger partial charge in [0.15, 0.2) is 5.78 Å². The van der Waals surface area contributed by atoms with Gasteiger partial charge in [-0.05, 0) is 44.4 Å². The highest BCUT2D eigenvalue weighted by atomic mass is 16.5. The van der Waals surface area contributed by atoms with E-state index in [0.717, 1.165) is 32.2 Å². The highest BCUT2D eigenvalue weighted by Crippen LogP contribution is 2.39. The topological polar surface area (TPSA) is 69.4 Å².